The van der Waals surface area contributed by atoms with E-state index < -0.39 is 5.97 Å². The summed E-state index contributed by atoms with van der Waals surface area (Å²) in [6, 6.07) is 8.24. The summed E-state index contributed by atoms with van der Waals surface area (Å²) in [5.74, 6) is -0.356. The van der Waals surface area contributed by atoms with E-state index in [9.17, 15) is 4.79 Å². The molecule has 0 amide bonds. The SMILES string of the molecule is Cc1c(-c2ccc(C(C)C)cc2)n[nH]c1CC(=O)O. The summed E-state index contributed by atoms with van der Waals surface area (Å²) in [5, 5.41) is 15.9. The Balaban J connectivity index is 2.31. The second kappa shape index (κ2) is 5.26. The van der Waals surface area contributed by atoms with Crippen LogP contribution in [0.25, 0.3) is 11.3 Å². The van der Waals surface area contributed by atoms with E-state index in [-0.39, 0.29) is 6.42 Å². The molecule has 2 aromatic rings. The minimum atomic E-state index is -0.853. The Labute approximate surface area is 112 Å². The Morgan fingerprint density at radius 1 is 1.32 bits per heavy atom. The Kier molecular flexibility index (Phi) is 3.69. The minimum Gasteiger partial charge on any atom is -0.481 e. The van der Waals surface area contributed by atoms with Gasteiger partial charge in [0, 0.05) is 11.3 Å². The van der Waals surface area contributed by atoms with Crippen molar-refractivity contribution in [2.24, 2.45) is 0 Å². The molecule has 4 heteroatoms. The van der Waals surface area contributed by atoms with Gasteiger partial charge in [0.05, 0.1) is 12.1 Å². The number of carbonyl (C=O) groups is 1. The number of aromatic amines is 1. The van der Waals surface area contributed by atoms with Gasteiger partial charge in [0.1, 0.15) is 0 Å². The number of carboxylic acid groups (broad SMARTS) is 1. The fourth-order valence-electron chi connectivity index (χ4n) is 2.06. The second-order valence-corrected chi connectivity index (χ2v) is 5.02. The van der Waals surface area contributed by atoms with Gasteiger partial charge in [-0.15, -0.1) is 0 Å². The van der Waals surface area contributed by atoms with Crippen LogP contribution < -0.4 is 0 Å². The summed E-state index contributed by atoms with van der Waals surface area (Å²) < 4.78 is 0. The average Bonchev–Trinajstić information content (AvgIpc) is 2.70. The monoisotopic (exact) mass is 258 g/mol. The van der Waals surface area contributed by atoms with Gasteiger partial charge in [-0.2, -0.15) is 5.10 Å². The van der Waals surface area contributed by atoms with E-state index in [1.54, 1.807) is 0 Å². The quantitative estimate of drug-likeness (QED) is 0.885. The summed E-state index contributed by atoms with van der Waals surface area (Å²) in [7, 11) is 0. The van der Waals surface area contributed by atoms with Crippen molar-refractivity contribution in [1.82, 2.24) is 10.2 Å². The number of nitrogens with one attached hydrogen (secondary N) is 1. The van der Waals surface area contributed by atoms with Gasteiger partial charge in [0.2, 0.25) is 0 Å². The van der Waals surface area contributed by atoms with Gasteiger partial charge in [-0.05, 0) is 24.0 Å². The first-order valence-electron chi connectivity index (χ1n) is 6.35. The van der Waals surface area contributed by atoms with Crippen LogP contribution in [-0.4, -0.2) is 21.3 Å². The molecule has 1 heterocycles. The Morgan fingerprint density at radius 3 is 2.47 bits per heavy atom. The minimum absolute atomic E-state index is 0.0249. The number of H-pyrrole nitrogens is 1. The van der Waals surface area contributed by atoms with Crippen molar-refractivity contribution < 1.29 is 9.90 Å². The predicted octanol–water partition coefficient (Wildman–Crippen LogP) is 3.14. The molecule has 0 aliphatic carbocycles. The molecule has 2 rings (SSSR count). The number of aromatic nitrogens is 2. The van der Waals surface area contributed by atoms with Crippen LogP contribution in [0.3, 0.4) is 0 Å². The number of aliphatic carboxylic acids is 1. The molecule has 19 heavy (non-hydrogen) atoms. The topological polar surface area (TPSA) is 66.0 Å². The fourth-order valence-corrected chi connectivity index (χ4v) is 2.06. The highest BCUT2D eigenvalue weighted by Crippen LogP contribution is 2.25. The van der Waals surface area contributed by atoms with Gasteiger partial charge >= 0.3 is 5.97 Å². The first-order valence-corrected chi connectivity index (χ1v) is 6.35. The molecule has 0 fully saturated rings. The number of nitrogens with zero attached hydrogens (tertiary/aromatic N) is 1. The van der Waals surface area contributed by atoms with Gasteiger partial charge < -0.3 is 5.11 Å². The van der Waals surface area contributed by atoms with Crippen molar-refractivity contribution in [3.05, 3.63) is 41.1 Å². The lowest BCUT2D eigenvalue weighted by atomic mass is 9.99. The third kappa shape index (κ3) is 2.84. The molecule has 0 aliphatic rings. The molecule has 4 nitrogen and oxygen atoms in total. The molecule has 0 atom stereocenters. The third-order valence-electron chi connectivity index (χ3n) is 3.29. The molecule has 2 N–H and O–H groups in total. The maximum atomic E-state index is 10.7. The van der Waals surface area contributed by atoms with Crippen LogP contribution in [0.15, 0.2) is 24.3 Å². The number of hydrogen-bond donors (Lipinski definition) is 2. The van der Waals surface area contributed by atoms with E-state index in [2.05, 4.69) is 36.2 Å². The lowest BCUT2D eigenvalue weighted by molar-refractivity contribution is -0.136. The van der Waals surface area contributed by atoms with Gasteiger partial charge in [-0.1, -0.05) is 38.1 Å². The van der Waals surface area contributed by atoms with Crippen molar-refractivity contribution in [3.8, 4) is 11.3 Å². The summed E-state index contributed by atoms with van der Waals surface area (Å²) in [5.41, 5.74) is 4.68. The molecule has 0 aliphatic heterocycles. The third-order valence-corrected chi connectivity index (χ3v) is 3.29. The van der Waals surface area contributed by atoms with Crippen LogP contribution in [0.5, 0.6) is 0 Å². The maximum Gasteiger partial charge on any atom is 0.309 e. The molecule has 0 unspecified atom stereocenters. The molecular weight excluding hydrogens is 240 g/mol. The zero-order valence-electron chi connectivity index (χ0n) is 11.4. The van der Waals surface area contributed by atoms with Crippen LogP contribution in [0.1, 0.15) is 36.6 Å². The van der Waals surface area contributed by atoms with Gasteiger partial charge in [-0.25, -0.2) is 0 Å². The molecule has 1 aromatic carbocycles. The van der Waals surface area contributed by atoms with Crippen LogP contribution in [0.4, 0.5) is 0 Å². The van der Waals surface area contributed by atoms with E-state index in [1.165, 1.54) is 5.56 Å². The first kappa shape index (κ1) is 13.3. The van der Waals surface area contributed by atoms with Crippen molar-refractivity contribution >= 4 is 5.97 Å². The van der Waals surface area contributed by atoms with Crippen molar-refractivity contribution in [3.63, 3.8) is 0 Å². The lowest BCUT2D eigenvalue weighted by Crippen LogP contribution is -2.01. The smallest absolute Gasteiger partial charge is 0.309 e. The molecule has 0 saturated heterocycles. The fraction of sp³-hybridized carbons (Fsp3) is 0.333. The highest BCUT2D eigenvalue weighted by atomic mass is 16.4. The van der Waals surface area contributed by atoms with Gasteiger partial charge in [-0.3, -0.25) is 9.89 Å². The first-order chi connectivity index (χ1) is 8.99. The normalized spacial score (nSPS) is 10.9. The molecular formula is C15H18N2O2. The Morgan fingerprint density at radius 2 is 1.95 bits per heavy atom. The number of hydrogen-bond acceptors (Lipinski definition) is 2. The average molecular weight is 258 g/mol. The Hall–Kier alpha value is -2.10. The zero-order valence-corrected chi connectivity index (χ0v) is 11.4. The second-order valence-electron chi connectivity index (χ2n) is 5.02. The van der Waals surface area contributed by atoms with Crippen molar-refractivity contribution in [2.45, 2.75) is 33.1 Å². The molecule has 100 valence electrons. The molecule has 0 spiro atoms. The zero-order chi connectivity index (χ0) is 14.0. The van der Waals surface area contributed by atoms with E-state index in [0.717, 1.165) is 16.8 Å². The molecule has 0 saturated carbocycles. The summed E-state index contributed by atoms with van der Waals surface area (Å²) in [6.07, 6.45) is -0.0249. The highest BCUT2D eigenvalue weighted by molar-refractivity contribution is 5.72. The standard InChI is InChI=1S/C15H18N2O2/c1-9(2)11-4-6-12(7-5-11)15-10(3)13(16-17-15)8-14(18)19/h4-7,9H,8H2,1-3H3,(H,16,17)(H,18,19). The van der Waals surface area contributed by atoms with Crippen LogP contribution >= 0.6 is 0 Å². The number of rotatable bonds is 4. The summed E-state index contributed by atoms with van der Waals surface area (Å²) in [4.78, 5) is 10.7. The van der Waals surface area contributed by atoms with E-state index in [4.69, 9.17) is 5.11 Å². The van der Waals surface area contributed by atoms with Gasteiger partial charge in [0.25, 0.3) is 0 Å². The Bertz CT molecular complexity index is 583. The largest absolute Gasteiger partial charge is 0.481 e. The lowest BCUT2D eigenvalue weighted by Gasteiger charge is -2.06. The molecule has 1 aromatic heterocycles. The van der Waals surface area contributed by atoms with Crippen LogP contribution in [-0.2, 0) is 11.2 Å². The van der Waals surface area contributed by atoms with E-state index >= 15 is 0 Å². The highest BCUT2D eigenvalue weighted by Gasteiger charge is 2.13. The van der Waals surface area contributed by atoms with Crippen molar-refractivity contribution in [1.29, 1.82) is 0 Å². The molecule has 0 bridgehead atoms. The summed E-state index contributed by atoms with van der Waals surface area (Å²) in [6.45, 7) is 6.20. The predicted molar refractivity (Wildman–Crippen MR) is 74.2 cm³/mol. The summed E-state index contributed by atoms with van der Waals surface area (Å²) >= 11 is 0. The van der Waals surface area contributed by atoms with E-state index in [1.807, 2.05) is 19.1 Å². The van der Waals surface area contributed by atoms with E-state index in [0.29, 0.717) is 11.6 Å². The van der Waals surface area contributed by atoms with Crippen LogP contribution in [0, 0.1) is 6.92 Å². The number of benzene rings is 1. The maximum absolute atomic E-state index is 10.7. The number of carboxylic acids is 1. The van der Waals surface area contributed by atoms with Crippen molar-refractivity contribution in [2.75, 3.05) is 0 Å². The molecule has 0 radical (unpaired) electrons. The van der Waals surface area contributed by atoms with Gasteiger partial charge in [0.15, 0.2) is 0 Å². The van der Waals surface area contributed by atoms with Crippen LogP contribution in [0.2, 0.25) is 0 Å².